The third-order valence-corrected chi connectivity index (χ3v) is 4.82. The van der Waals surface area contributed by atoms with E-state index in [9.17, 15) is 13.2 Å². The lowest BCUT2D eigenvalue weighted by molar-refractivity contribution is 0.0701. The molecule has 2 N–H and O–H groups in total. The molecule has 0 saturated carbocycles. The van der Waals surface area contributed by atoms with Crippen LogP contribution in [0, 0.1) is 0 Å². The number of pyridine rings is 1. The van der Waals surface area contributed by atoms with Crippen molar-refractivity contribution in [1.29, 1.82) is 0 Å². The van der Waals surface area contributed by atoms with E-state index >= 15 is 0 Å². The summed E-state index contributed by atoms with van der Waals surface area (Å²) in [6.45, 7) is 0.512. The van der Waals surface area contributed by atoms with Crippen molar-refractivity contribution >= 4 is 26.6 Å². The van der Waals surface area contributed by atoms with Crippen molar-refractivity contribution in [3.63, 3.8) is 0 Å². The van der Waals surface area contributed by atoms with E-state index < -0.39 is 15.7 Å². The fraction of sp³-hybridized carbons (Fsp3) is 0.125. The number of nitrogens with one attached hydrogen (secondary N) is 1. The SMILES string of the molecule is CS(=O)(=O)c1ccc(Cn2ccc3cnc(C(=O)NO)cc32)cc1. The van der Waals surface area contributed by atoms with Crippen LogP contribution in [0.3, 0.4) is 0 Å². The molecule has 3 aromatic rings. The second kappa shape index (κ2) is 6.06. The number of hydrogen-bond donors (Lipinski definition) is 2. The number of carbonyl (C=O) groups excluding carboxylic acids is 1. The molecule has 1 amide bonds. The summed E-state index contributed by atoms with van der Waals surface area (Å²) in [6.07, 6.45) is 4.59. The van der Waals surface area contributed by atoms with Gasteiger partial charge in [-0.3, -0.25) is 15.0 Å². The smallest absolute Gasteiger partial charge is 0.293 e. The lowest BCUT2D eigenvalue weighted by Gasteiger charge is -2.07. The standard InChI is InChI=1S/C16H15N3O4S/c1-24(22,23)13-4-2-11(3-5-13)10-19-7-6-12-9-17-14(8-15(12)19)16(20)18-21/h2-9,21H,10H2,1H3,(H,18,20). The molecule has 0 radical (unpaired) electrons. The van der Waals surface area contributed by atoms with Crippen LogP contribution >= 0.6 is 0 Å². The van der Waals surface area contributed by atoms with E-state index in [4.69, 9.17) is 5.21 Å². The first-order chi connectivity index (χ1) is 11.4. The molecule has 0 fully saturated rings. The number of hydrogen-bond acceptors (Lipinski definition) is 5. The van der Waals surface area contributed by atoms with Gasteiger partial charge in [-0.1, -0.05) is 12.1 Å². The monoisotopic (exact) mass is 345 g/mol. The highest BCUT2D eigenvalue weighted by Gasteiger charge is 2.10. The molecule has 0 unspecified atom stereocenters. The molecule has 8 heteroatoms. The Morgan fingerprint density at radius 3 is 2.58 bits per heavy atom. The second-order valence-electron chi connectivity index (χ2n) is 5.43. The first-order valence-corrected chi connectivity index (χ1v) is 8.96. The molecule has 0 atom stereocenters. The Morgan fingerprint density at radius 1 is 1.25 bits per heavy atom. The van der Waals surface area contributed by atoms with Gasteiger partial charge in [-0.25, -0.2) is 13.9 Å². The van der Waals surface area contributed by atoms with E-state index in [1.807, 2.05) is 16.8 Å². The van der Waals surface area contributed by atoms with Crippen LogP contribution in [0.2, 0.25) is 0 Å². The Balaban J connectivity index is 1.93. The predicted octanol–water partition coefficient (Wildman–Crippen LogP) is 1.61. The van der Waals surface area contributed by atoms with Crippen LogP contribution in [0.4, 0.5) is 0 Å². The predicted molar refractivity (Wildman–Crippen MR) is 87.6 cm³/mol. The lowest BCUT2D eigenvalue weighted by Crippen LogP contribution is -2.19. The molecule has 0 saturated heterocycles. The summed E-state index contributed by atoms with van der Waals surface area (Å²) < 4.78 is 24.9. The van der Waals surface area contributed by atoms with Crippen molar-refractivity contribution < 1.29 is 18.4 Å². The number of rotatable bonds is 4. The van der Waals surface area contributed by atoms with Crippen molar-refractivity contribution in [2.75, 3.05) is 6.26 Å². The van der Waals surface area contributed by atoms with E-state index in [1.54, 1.807) is 42.0 Å². The van der Waals surface area contributed by atoms with Crippen molar-refractivity contribution in [3.05, 3.63) is 60.0 Å². The second-order valence-corrected chi connectivity index (χ2v) is 7.44. The molecule has 0 aliphatic heterocycles. The molecule has 2 aromatic heterocycles. The van der Waals surface area contributed by atoms with Gasteiger partial charge in [-0.05, 0) is 29.8 Å². The Bertz CT molecular complexity index is 1010. The van der Waals surface area contributed by atoms with Crippen LogP contribution in [-0.4, -0.2) is 35.3 Å². The number of carbonyl (C=O) groups is 1. The van der Waals surface area contributed by atoms with Gasteiger partial charge >= 0.3 is 0 Å². The average molecular weight is 345 g/mol. The Morgan fingerprint density at radius 2 is 1.96 bits per heavy atom. The Labute approximate surface area is 138 Å². The van der Waals surface area contributed by atoms with Crippen molar-refractivity contribution in [1.82, 2.24) is 15.0 Å². The zero-order valence-corrected chi connectivity index (χ0v) is 13.6. The summed E-state index contributed by atoms with van der Waals surface area (Å²) >= 11 is 0. The van der Waals surface area contributed by atoms with Crippen LogP contribution in [0.25, 0.3) is 10.9 Å². The normalized spacial score (nSPS) is 11.6. The summed E-state index contributed by atoms with van der Waals surface area (Å²) in [5.41, 5.74) is 3.38. The minimum Gasteiger partial charge on any atom is -0.343 e. The van der Waals surface area contributed by atoms with Crippen LogP contribution in [0.15, 0.2) is 53.7 Å². The molecule has 2 heterocycles. The van der Waals surface area contributed by atoms with Gasteiger partial charge in [0, 0.05) is 30.6 Å². The van der Waals surface area contributed by atoms with E-state index in [2.05, 4.69) is 4.98 Å². The number of benzene rings is 1. The maximum Gasteiger partial charge on any atom is 0.293 e. The topological polar surface area (TPSA) is 101 Å². The highest BCUT2D eigenvalue weighted by atomic mass is 32.2. The van der Waals surface area contributed by atoms with Crippen LogP contribution in [-0.2, 0) is 16.4 Å². The summed E-state index contributed by atoms with van der Waals surface area (Å²) in [4.78, 5) is 15.7. The van der Waals surface area contributed by atoms with Gasteiger partial charge < -0.3 is 4.57 Å². The Hall–Kier alpha value is -2.71. The van der Waals surface area contributed by atoms with Gasteiger partial charge in [-0.2, -0.15) is 0 Å². The highest BCUT2D eigenvalue weighted by molar-refractivity contribution is 7.90. The number of amides is 1. The molecule has 0 aliphatic carbocycles. The number of fused-ring (bicyclic) bond motifs is 1. The van der Waals surface area contributed by atoms with E-state index in [0.29, 0.717) is 6.54 Å². The zero-order valence-electron chi connectivity index (χ0n) is 12.8. The quantitative estimate of drug-likeness (QED) is 0.552. The van der Waals surface area contributed by atoms with Crippen molar-refractivity contribution in [2.45, 2.75) is 11.4 Å². The van der Waals surface area contributed by atoms with Gasteiger partial charge in [0.25, 0.3) is 5.91 Å². The summed E-state index contributed by atoms with van der Waals surface area (Å²) in [7, 11) is -3.22. The number of nitrogens with zero attached hydrogens (tertiary/aromatic N) is 2. The minimum absolute atomic E-state index is 0.109. The van der Waals surface area contributed by atoms with E-state index in [0.717, 1.165) is 16.5 Å². The molecular weight excluding hydrogens is 330 g/mol. The van der Waals surface area contributed by atoms with Gasteiger partial charge in [-0.15, -0.1) is 0 Å². The molecular formula is C16H15N3O4S. The van der Waals surface area contributed by atoms with Crippen LogP contribution < -0.4 is 5.48 Å². The fourth-order valence-electron chi connectivity index (χ4n) is 2.44. The molecule has 0 aliphatic rings. The van der Waals surface area contributed by atoms with Crippen LogP contribution in [0.1, 0.15) is 16.1 Å². The number of sulfone groups is 1. The van der Waals surface area contributed by atoms with Gasteiger partial charge in [0.05, 0.1) is 10.4 Å². The summed E-state index contributed by atoms with van der Waals surface area (Å²) in [6, 6.07) is 10.1. The van der Waals surface area contributed by atoms with Crippen LogP contribution in [0.5, 0.6) is 0 Å². The number of aromatic nitrogens is 2. The van der Waals surface area contributed by atoms with Crippen molar-refractivity contribution in [3.8, 4) is 0 Å². The molecule has 0 bridgehead atoms. The molecule has 7 nitrogen and oxygen atoms in total. The fourth-order valence-corrected chi connectivity index (χ4v) is 3.07. The van der Waals surface area contributed by atoms with Gasteiger partial charge in [0.1, 0.15) is 5.69 Å². The molecule has 24 heavy (non-hydrogen) atoms. The third kappa shape index (κ3) is 3.15. The molecule has 1 aromatic carbocycles. The average Bonchev–Trinajstić information content (AvgIpc) is 2.96. The zero-order chi connectivity index (χ0) is 17.3. The molecule has 0 spiro atoms. The maximum absolute atomic E-state index is 11.5. The van der Waals surface area contributed by atoms with Gasteiger partial charge in [0.2, 0.25) is 0 Å². The first-order valence-electron chi connectivity index (χ1n) is 7.07. The van der Waals surface area contributed by atoms with E-state index in [-0.39, 0.29) is 10.6 Å². The third-order valence-electron chi connectivity index (χ3n) is 3.69. The lowest BCUT2D eigenvalue weighted by atomic mass is 10.2. The highest BCUT2D eigenvalue weighted by Crippen LogP contribution is 2.18. The minimum atomic E-state index is -3.22. The largest absolute Gasteiger partial charge is 0.343 e. The maximum atomic E-state index is 11.5. The van der Waals surface area contributed by atoms with Crippen molar-refractivity contribution in [2.24, 2.45) is 0 Å². The van der Waals surface area contributed by atoms with Gasteiger partial charge in [0.15, 0.2) is 9.84 Å². The number of hydroxylamine groups is 1. The molecule has 124 valence electrons. The van der Waals surface area contributed by atoms with E-state index in [1.165, 1.54) is 6.26 Å². The Kier molecular flexibility index (Phi) is 4.08. The first kappa shape index (κ1) is 16.2. The molecule has 3 rings (SSSR count). The summed E-state index contributed by atoms with van der Waals surface area (Å²) in [5, 5.41) is 9.57. The summed E-state index contributed by atoms with van der Waals surface area (Å²) in [5.74, 6) is -0.679.